The van der Waals surface area contributed by atoms with Crippen LogP contribution in [0.25, 0.3) is 0 Å². The second kappa shape index (κ2) is 9.15. The van der Waals surface area contributed by atoms with Gasteiger partial charge in [0, 0.05) is 36.1 Å². The van der Waals surface area contributed by atoms with Crippen LogP contribution in [-0.4, -0.2) is 30.7 Å². The summed E-state index contributed by atoms with van der Waals surface area (Å²) in [7, 11) is 0. The highest BCUT2D eigenvalue weighted by Crippen LogP contribution is 2.34. The van der Waals surface area contributed by atoms with Crippen molar-refractivity contribution in [3.63, 3.8) is 0 Å². The van der Waals surface area contributed by atoms with E-state index in [-0.39, 0.29) is 12.3 Å². The van der Waals surface area contributed by atoms with Crippen molar-refractivity contribution in [3.8, 4) is 0 Å². The van der Waals surface area contributed by atoms with Crippen LogP contribution in [0.3, 0.4) is 0 Å². The molecule has 0 spiro atoms. The second-order valence-electron chi connectivity index (χ2n) is 6.09. The number of benzene rings is 1. The number of rotatable bonds is 8. The number of carbonyl (C=O) groups is 1. The fourth-order valence-electron chi connectivity index (χ4n) is 2.86. The molecule has 1 aromatic carbocycles. The van der Waals surface area contributed by atoms with Gasteiger partial charge in [0.15, 0.2) is 0 Å². The first-order chi connectivity index (χ1) is 12.4. The Balaban J connectivity index is 2.22. The largest absolute Gasteiger partial charge is 0.460 e. The number of nitrogens with one attached hydrogen (secondary N) is 1. The molecule has 7 nitrogen and oxygen atoms in total. The monoisotopic (exact) mass is 360 g/mol. The van der Waals surface area contributed by atoms with Gasteiger partial charge in [-0.3, -0.25) is 10.1 Å². The van der Waals surface area contributed by atoms with Gasteiger partial charge in [-0.05, 0) is 25.8 Å². The Hall–Kier alpha value is -2.67. The summed E-state index contributed by atoms with van der Waals surface area (Å²) < 4.78 is 10.7. The van der Waals surface area contributed by atoms with Crippen molar-refractivity contribution in [1.82, 2.24) is 5.32 Å². The molecule has 26 heavy (non-hydrogen) atoms. The van der Waals surface area contributed by atoms with E-state index in [1.807, 2.05) is 19.9 Å². The zero-order valence-electron chi connectivity index (χ0n) is 15.3. The van der Waals surface area contributed by atoms with Gasteiger partial charge in [0.25, 0.3) is 5.69 Å². The van der Waals surface area contributed by atoms with E-state index in [1.54, 1.807) is 19.1 Å². The van der Waals surface area contributed by atoms with Gasteiger partial charge in [-0.25, -0.2) is 4.79 Å². The van der Waals surface area contributed by atoms with Crippen molar-refractivity contribution in [1.29, 1.82) is 0 Å². The van der Waals surface area contributed by atoms with E-state index >= 15 is 0 Å². The summed E-state index contributed by atoms with van der Waals surface area (Å²) in [6, 6.07) is 6.32. The summed E-state index contributed by atoms with van der Waals surface area (Å²) >= 11 is 0. The Labute approximate surface area is 152 Å². The van der Waals surface area contributed by atoms with Gasteiger partial charge in [0.1, 0.15) is 6.61 Å². The Morgan fingerprint density at radius 3 is 2.73 bits per heavy atom. The number of hydrogen-bond donors (Lipinski definition) is 1. The van der Waals surface area contributed by atoms with Crippen LogP contribution < -0.4 is 5.32 Å². The molecule has 0 bridgehead atoms. The second-order valence-corrected chi connectivity index (χ2v) is 6.09. The van der Waals surface area contributed by atoms with E-state index in [2.05, 4.69) is 5.32 Å². The minimum absolute atomic E-state index is 0.00887. The molecule has 0 amide bonds. The van der Waals surface area contributed by atoms with Crippen molar-refractivity contribution in [3.05, 3.63) is 63.0 Å². The SMILES string of the molecule is CCCOCCOC(=O)C1=C(C)NC(C)=CC1c1cccc([N+](=O)[O-])c1. The predicted octanol–water partition coefficient (Wildman–Crippen LogP) is 3.43. The molecule has 0 aliphatic carbocycles. The number of non-ortho nitro benzene ring substituents is 1. The summed E-state index contributed by atoms with van der Waals surface area (Å²) in [6.07, 6.45) is 2.78. The van der Waals surface area contributed by atoms with E-state index in [0.29, 0.717) is 30.0 Å². The fourth-order valence-corrected chi connectivity index (χ4v) is 2.86. The number of allylic oxidation sites excluding steroid dienone is 3. The van der Waals surface area contributed by atoms with E-state index in [9.17, 15) is 14.9 Å². The molecule has 1 aromatic rings. The third-order valence-electron chi connectivity index (χ3n) is 3.99. The molecular formula is C19H24N2O5. The molecule has 2 rings (SSSR count). The summed E-state index contributed by atoms with van der Waals surface area (Å²) in [5.41, 5.74) is 2.67. The normalized spacial score (nSPS) is 16.7. The molecule has 1 N–H and O–H groups in total. The Kier molecular flexibility index (Phi) is 6.91. The van der Waals surface area contributed by atoms with E-state index < -0.39 is 16.8 Å². The zero-order chi connectivity index (χ0) is 19.1. The number of esters is 1. The average molecular weight is 360 g/mol. The van der Waals surface area contributed by atoms with Gasteiger partial charge in [-0.15, -0.1) is 0 Å². The first-order valence-corrected chi connectivity index (χ1v) is 8.59. The molecule has 0 radical (unpaired) electrons. The van der Waals surface area contributed by atoms with Crippen molar-refractivity contribution >= 4 is 11.7 Å². The Bertz CT molecular complexity index is 739. The van der Waals surface area contributed by atoms with Crippen LogP contribution in [0.1, 0.15) is 38.7 Å². The summed E-state index contributed by atoms with van der Waals surface area (Å²) in [4.78, 5) is 23.2. The van der Waals surface area contributed by atoms with Gasteiger partial charge in [-0.1, -0.05) is 25.1 Å². The number of nitro benzene ring substituents is 1. The van der Waals surface area contributed by atoms with Crippen molar-refractivity contribution in [2.24, 2.45) is 0 Å². The molecule has 1 aliphatic heterocycles. The van der Waals surface area contributed by atoms with Gasteiger partial charge >= 0.3 is 5.97 Å². The molecule has 0 fully saturated rings. The quantitative estimate of drug-likeness (QED) is 0.331. The van der Waals surface area contributed by atoms with Gasteiger partial charge in [0.05, 0.1) is 17.1 Å². The molecule has 1 heterocycles. The van der Waals surface area contributed by atoms with Crippen molar-refractivity contribution in [2.75, 3.05) is 19.8 Å². The number of hydrogen-bond acceptors (Lipinski definition) is 6. The molecule has 1 unspecified atom stereocenters. The highest BCUT2D eigenvalue weighted by molar-refractivity contribution is 5.92. The lowest BCUT2D eigenvalue weighted by Gasteiger charge is -2.25. The van der Waals surface area contributed by atoms with E-state index in [4.69, 9.17) is 9.47 Å². The molecule has 7 heteroatoms. The third kappa shape index (κ3) is 4.92. The maximum atomic E-state index is 12.6. The van der Waals surface area contributed by atoms with Crippen LogP contribution in [0.5, 0.6) is 0 Å². The van der Waals surface area contributed by atoms with Crippen LogP contribution >= 0.6 is 0 Å². The van der Waals surface area contributed by atoms with Gasteiger partial charge in [-0.2, -0.15) is 0 Å². The summed E-state index contributed by atoms with van der Waals surface area (Å²) in [5, 5.41) is 14.2. The van der Waals surface area contributed by atoms with E-state index in [1.165, 1.54) is 12.1 Å². The lowest BCUT2D eigenvalue weighted by molar-refractivity contribution is -0.384. The highest BCUT2D eigenvalue weighted by Gasteiger charge is 2.29. The van der Waals surface area contributed by atoms with Crippen LogP contribution in [0.15, 0.2) is 47.3 Å². The number of ether oxygens (including phenoxy) is 2. The van der Waals surface area contributed by atoms with Crippen LogP contribution in [-0.2, 0) is 14.3 Å². The Morgan fingerprint density at radius 2 is 2.04 bits per heavy atom. The van der Waals surface area contributed by atoms with E-state index in [0.717, 1.165) is 12.1 Å². The summed E-state index contributed by atoms with van der Waals surface area (Å²) in [5.74, 6) is -0.851. The first-order valence-electron chi connectivity index (χ1n) is 8.59. The molecule has 140 valence electrons. The minimum Gasteiger partial charge on any atom is -0.460 e. The number of dihydropyridines is 1. The fraction of sp³-hybridized carbons (Fsp3) is 0.421. The van der Waals surface area contributed by atoms with Crippen LogP contribution in [0.4, 0.5) is 5.69 Å². The topological polar surface area (TPSA) is 90.7 Å². The average Bonchev–Trinajstić information content (AvgIpc) is 2.60. The van der Waals surface area contributed by atoms with Gasteiger partial charge < -0.3 is 14.8 Å². The molecule has 1 aliphatic rings. The minimum atomic E-state index is -0.449. The number of nitrogens with zero attached hydrogens (tertiary/aromatic N) is 1. The third-order valence-corrected chi connectivity index (χ3v) is 3.99. The Morgan fingerprint density at radius 1 is 1.27 bits per heavy atom. The molecule has 1 atom stereocenters. The molecule has 0 saturated carbocycles. The number of carbonyl (C=O) groups excluding carboxylic acids is 1. The first kappa shape index (κ1) is 19.7. The standard InChI is InChI=1S/C19H24N2O5/c1-4-8-25-9-10-26-19(22)18-14(3)20-13(2)11-17(18)15-6-5-7-16(12-15)21(23)24/h5-7,11-12,17,20H,4,8-10H2,1-3H3. The van der Waals surface area contributed by atoms with Crippen LogP contribution in [0, 0.1) is 10.1 Å². The van der Waals surface area contributed by atoms with Gasteiger partial charge in [0.2, 0.25) is 0 Å². The molecule has 0 aromatic heterocycles. The molecular weight excluding hydrogens is 336 g/mol. The van der Waals surface area contributed by atoms with Crippen molar-refractivity contribution in [2.45, 2.75) is 33.1 Å². The number of nitro groups is 1. The van der Waals surface area contributed by atoms with Crippen molar-refractivity contribution < 1.29 is 19.2 Å². The summed E-state index contributed by atoms with van der Waals surface area (Å²) in [6.45, 7) is 6.82. The molecule has 0 saturated heterocycles. The maximum absolute atomic E-state index is 12.6. The highest BCUT2D eigenvalue weighted by atomic mass is 16.6. The zero-order valence-corrected chi connectivity index (χ0v) is 15.3. The maximum Gasteiger partial charge on any atom is 0.336 e. The lowest BCUT2D eigenvalue weighted by atomic mass is 9.86. The lowest BCUT2D eigenvalue weighted by Crippen LogP contribution is -2.26. The van der Waals surface area contributed by atoms with Crippen LogP contribution in [0.2, 0.25) is 0 Å². The predicted molar refractivity (Wildman–Crippen MR) is 97.5 cm³/mol. The smallest absolute Gasteiger partial charge is 0.336 e.